The van der Waals surface area contributed by atoms with Crippen LogP contribution in [-0.2, 0) is 0 Å². The van der Waals surface area contributed by atoms with Crippen LogP contribution < -0.4 is 4.74 Å². The van der Waals surface area contributed by atoms with Gasteiger partial charge in [-0.1, -0.05) is 6.07 Å². The van der Waals surface area contributed by atoms with Crippen LogP contribution in [-0.4, -0.2) is 0 Å². The number of hydrogen-bond acceptors (Lipinski definition) is 2. The largest absolute Gasteiger partial charge is 0.453 e. The lowest BCUT2D eigenvalue weighted by Gasteiger charge is -2.03. The first-order valence-corrected chi connectivity index (χ1v) is 4.72. The highest BCUT2D eigenvalue weighted by atomic mass is 32.1. The van der Waals surface area contributed by atoms with Crippen LogP contribution in [0, 0.1) is 17.0 Å². The molecule has 0 bridgehead atoms. The Morgan fingerprint density at radius 1 is 1.29 bits per heavy atom. The van der Waals surface area contributed by atoms with Crippen molar-refractivity contribution in [2.24, 2.45) is 0 Å². The highest BCUT2D eigenvalue weighted by Crippen LogP contribution is 2.26. The van der Waals surface area contributed by atoms with E-state index in [0.29, 0.717) is 5.75 Å². The van der Waals surface area contributed by atoms with Crippen molar-refractivity contribution in [1.29, 1.82) is 0 Å². The van der Waals surface area contributed by atoms with Crippen molar-refractivity contribution in [3.63, 3.8) is 0 Å². The summed E-state index contributed by atoms with van der Waals surface area (Å²) in [5.41, 5.74) is 0. The van der Waals surface area contributed by atoms with E-state index >= 15 is 0 Å². The molecule has 71 valence electrons. The molecule has 2 rings (SSSR count). The Labute approximate surface area is 83.6 Å². The molecule has 1 aromatic heterocycles. The quantitative estimate of drug-likeness (QED) is 0.737. The first kappa shape index (κ1) is 9.15. The van der Waals surface area contributed by atoms with Gasteiger partial charge >= 0.3 is 0 Å². The summed E-state index contributed by atoms with van der Waals surface area (Å²) in [5.74, 6) is -1.54. The van der Waals surface area contributed by atoms with Crippen LogP contribution in [0.15, 0.2) is 29.6 Å². The number of ether oxygens (including phenoxy) is 1. The molecule has 0 saturated heterocycles. The molecule has 0 N–H and O–H groups in total. The molecule has 14 heavy (non-hydrogen) atoms. The van der Waals surface area contributed by atoms with Gasteiger partial charge in [-0.25, -0.2) is 4.39 Å². The lowest BCUT2D eigenvalue weighted by Crippen LogP contribution is -1.89. The van der Waals surface area contributed by atoms with Gasteiger partial charge in [0, 0.05) is 16.8 Å². The second kappa shape index (κ2) is 3.75. The Morgan fingerprint density at radius 2 is 2.14 bits per heavy atom. The SMILES string of the molecule is Fc1cccc(Oc2c[c]sc2)c1F. The summed E-state index contributed by atoms with van der Waals surface area (Å²) in [6.07, 6.45) is 0. The third kappa shape index (κ3) is 1.75. The maximum absolute atomic E-state index is 13.1. The summed E-state index contributed by atoms with van der Waals surface area (Å²) in [7, 11) is 0. The smallest absolute Gasteiger partial charge is 0.201 e. The fraction of sp³-hybridized carbons (Fsp3) is 0. The Bertz CT molecular complexity index is 426. The molecule has 1 nitrogen and oxygen atoms in total. The van der Waals surface area contributed by atoms with Crippen molar-refractivity contribution in [3.8, 4) is 11.5 Å². The predicted molar refractivity (Wildman–Crippen MR) is 49.6 cm³/mol. The van der Waals surface area contributed by atoms with Crippen LogP contribution in [0.25, 0.3) is 0 Å². The molecule has 0 aliphatic rings. The molecule has 0 fully saturated rings. The van der Waals surface area contributed by atoms with E-state index in [0.717, 1.165) is 6.07 Å². The van der Waals surface area contributed by atoms with Crippen LogP contribution in [0.5, 0.6) is 11.5 Å². The molecule has 0 atom stereocenters. The first-order valence-electron chi connectivity index (χ1n) is 3.84. The predicted octanol–water partition coefficient (Wildman–Crippen LogP) is 3.62. The maximum atomic E-state index is 13.1. The van der Waals surface area contributed by atoms with E-state index in [1.165, 1.54) is 23.5 Å². The van der Waals surface area contributed by atoms with Crippen molar-refractivity contribution in [2.75, 3.05) is 0 Å². The van der Waals surface area contributed by atoms with E-state index in [1.54, 1.807) is 11.4 Å². The second-order valence-corrected chi connectivity index (χ2v) is 3.26. The Balaban J connectivity index is 2.29. The number of rotatable bonds is 2. The molecular weight excluding hydrogens is 206 g/mol. The highest BCUT2D eigenvalue weighted by Gasteiger charge is 2.09. The number of hydrogen-bond donors (Lipinski definition) is 0. The van der Waals surface area contributed by atoms with E-state index in [4.69, 9.17) is 4.74 Å². The molecule has 1 heterocycles. The Morgan fingerprint density at radius 3 is 2.86 bits per heavy atom. The maximum Gasteiger partial charge on any atom is 0.201 e. The summed E-state index contributed by atoms with van der Waals surface area (Å²) >= 11 is 1.30. The van der Waals surface area contributed by atoms with Gasteiger partial charge in [-0.15, -0.1) is 11.3 Å². The molecule has 0 amide bonds. The van der Waals surface area contributed by atoms with Crippen molar-refractivity contribution >= 4 is 11.3 Å². The molecular formula is C10H5F2OS. The van der Waals surface area contributed by atoms with E-state index < -0.39 is 11.6 Å². The van der Waals surface area contributed by atoms with Gasteiger partial charge in [-0.3, -0.25) is 0 Å². The van der Waals surface area contributed by atoms with E-state index in [1.807, 2.05) is 0 Å². The van der Waals surface area contributed by atoms with Crippen LogP contribution in [0.4, 0.5) is 8.78 Å². The number of thiophene rings is 1. The lowest BCUT2D eigenvalue weighted by atomic mass is 10.3. The van der Waals surface area contributed by atoms with Gasteiger partial charge in [0.1, 0.15) is 5.75 Å². The van der Waals surface area contributed by atoms with E-state index in [2.05, 4.69) is 5.38 Å². The molecule has 0 saturated carbocycles. The molecule has 1 radical (unpaired) electrons. The van der Waals surface area contributed by atoms with Gasteiger partial charge in [-0.2, -0.15) is 4.39 Å². The highest BCUT2D eigenvalue weighted by molar-refractivity contribution is 7.07. The molecule has 0 spiro atoms. The van der Waals surface area contributed by atoms with Gasteiger partial charge in [-0.05, 0) is 12.1 Å². The van der Waals surface area contributed by atoms with Crippen LogP contribution in [0.2, 0.25) is 0 Å². The van der Waals surface area contributed by atoms with Gasteiger partial charge in [0.05, 0.1) is 0 Å². The van der Waals surface area contributed by atoms with Crippen molar-refractivity contribution in [3.05, 3.63) is 46.7 Å². The molecule has 0 aliphatic carbocycles. The Hall–Kier alpha value is -1.42. The molecule has 0 unspecified atom stereocenters. The van der Waals surface area contributed by atoms with E-state index in [-0.39, 0.29) is 5.75 Å². The molecule has 2 aromatic rings. The lowest BCUT2D eigenvalue weighted by molar-refractivity contribution is 0.417. The van der Waals surface area contributed by atoms with Crippen LogP contribution in [0.3, 0.4) is 0 Å². The monoisotopic (exact) mass is 211 g/mol. The minimum atomic E-state index is -0.973. The summed E-state index contributed by atoms with van der Waals surface area (Å²) < 4.78 is 30.9. The van der Waals surface area contributed by atoms with Gasteiger partial charge in [0.25, 0.3) is 0 Å². The minimum Gasteiger partial charge on any atom is -0.453 e. The zero-order valence-corrected chi connectivity index (χ0v) is 7.78. The van der Waals surface area contributed by atoms with Crippen LogP contribution in [0.1, 0.15) is 0 Å². The van der Waals surface area contributed by atoms with Gasteiger partial charge in [0.15, 0.2) is 11.6 Å². The zero-order valence-electron chi connectivity index (χ0n) is 6.96. The summed E-state index contributed by atoms with van der Waals surface area (Å²) in [4.78, 5) is 0. The normalized spacial score (nSPS) is 10.1. The number of benzene rings is 1. The fourth-order valence-corrected chi connectivity index (χ4v) is 1.45. The average molecular weight is 211 g/mol. The molecule has 0 aliphatic heterocycles. The zero-order chi connectivity index (χ0) is 9.97. The van der Waals surface area contributed by atoms with Gasteiger partial charge in [0.2, 0.25) is 5.82 Å². The van der Waals surface area contributed by atoms with E-state index in [9.17, 15) is 8.78 Å². The third-order valence-corrected chi connectivity index (χ3v) is 2.19. The Kier molecular flexibility index (Phi) is 2.45. The minimum absolute atomic E-state index is 0.114. The molecule has 1 aromatic carbocycles. The van der Waals surface area contributed by atoms with Crippen LogP contribution >= 0.6 is 11.3 Å². The third-order valence-electron chi connectivity index (χ3n) is 1.59. The summed E-state index contributed by atoms with van der Waals surface area (Å²) in [5, 5.41) is 4.44. The summed E-state index contributed by atoms with van der Waals surface area (Å²) in [6, 6.07) is 5.37. The van der Waals surface area contributed by atoms with Crippen molar-refractivity contribution in [2.45, 2.75) is 0 Å². The summed E-state index contributed by atoms with van der Waals surface area (Å²) in [6.45, 7) is 0. The molecule has 4 heteroatoms. The second-order valence-electron chi connectivity index (χ2n) is 2.55. The first-order chi connectivity index (χ1) is 6.77. The van der Waals surface area contributed by atoms with Crippen molar-refractivity contribution < 1.29 is 13.5 Å². The standard InChI is InChI=1S/C10H5F2OS/c11-8-2-1-3-9(10(8)12)13-7-4-5-14-6-7/h1-4,6H. The topological polar surface area (TPSA) is 9.23 Å². The average Bonchev–Trinajstić information content (AvgIpc) is 2.66. The fourth-order valence-electron chi connectivity index (χ4n) is 0.962. The number of halogens is 2. The van der Waals surface area contributed by atoms with Crippen molar-refractivity contribution in [1.82, 2.24) is 0 Å². The van der Waals surface area contributed by atoms with Gasteiger partial charge < -0.3 is 4.74 Å².